The number of Topliss-reactive ketones (excluding diaryl/α,β-unsaturated/α-hetero) is 1. The van der Waals surface area contributed by atoms with E-state index in [-0.39, 0.29) is 28.9 Å². The molecule has 0 spiro atoms. The lowest BCUT2D eigenvalue weighted by Crippen LogP contribution is -2.36. The predicted octanol–water partition coefficient (Wildman–Crippen LogP) is 3.45. The molecule has 0 aromatic heterocycles. The molecule has 2 bridgehead atoms. The summed E-state index contributed by atoms with van der Waals surface area (Å²) in [6.07, 6.45) is 12.6. The highest BCUT2D eigenvalue weighted by molar-refractivity contribution is 6.22. The zero-order valence-electron chi connectivity index (χ0n) is 20.2. The molecule has 1 aliphatic carbocycles. The van der Waals surface area contributed by atoms with Gasteiger partial charge < -0.3 is 20.5 Å². The number of carbonyl (C=O) groups is 4. The number of amides is 2. The SMILES string of the molecule is COC1C2=CC(=O)C=C(NC(=O)C(C)=CC=CC(C)C(OC(N)=O)C=CCCCCC1C)C2=O. The van der Waals surface area contributed by atoms with Crippen LogP contribution in [0.3, 0.4) is 0 Å². The molecule has 8 nitrogen and oxygen atoms in total. The minimum atomic E-state index is -0.855. The van der Waals surface area contributed by atoms with Gasteiger partial charge in [0.15, 0.2) is 5.78 Å². The molecule has 1 heterocycles. The normalized spacial score (nSPS) is 27.4. The Morgan fingerprint density at radius 2 is 1.85 bits per heavy atom. The van der Waals surface area contributed by atoms with Gasteiger partial charge in [0.25, 0.3) is 5.91 Å². The van der Waals surface area contributed by atoms with Crippen molar-refractivity contribution in [3.8, 4) is 0 Å². The minimum absolute atomic E-state index is 0.0223. The Hall–Kier alpha value is -3.26. The molecule has 0 radical (unpaired) electrons. The highest BCUT2D eigenvalue weighted by Crippen LogP contribution is 2.26. The van der Waals surface area contributed by atoms with Crippen molar-refractivity contribution >= 4 is 23.6 Å². The van der Waals surface area contributed by atoms with E-state index in [4.69, 9.17) is 15.2 Å². The number of rotatable bonds is 2. The van der Waals surface area contributed by atoms with Crippen molar-refractivity contribution in [2.75, 3.05) is 7.11 Å². The van der Waals surface area contributed by atoms with Gasteiger partial charge in [-0.25, -0.2) is 4.79 Å². The van der Waals surface area contributed by atoms with E-state index < -0.39 is 30.0 Å². The van der Waals surface area contributed by atoms with E-state index in [1.54, 1.807) is 25.2 Å². The summed E-state index contributed by atoms with van der Waals surface area (Å²) in [6, 6.07) is 0. The standard InChI is InChI=1S/C26H34N2O6/c1-16-11-9-12-18(3)25(31)28-21-15-19(29)14-20(23(21)30)24(33-4)17(2)10-7-5-6-8-13-22(16)34-26(27)32/h8-9,11-17,22,24H,5-7,10H2,1-4H3,(H2,27,32)(H,28,31). The molecule has 1 aliphatic heterocycles. The van der Waals surface area contributed by atoms with E-state index in [1.165, 1.54) is 13.2 Å². The summed E-state index contributed by atoms with van der Waals surface area (Å²) in [7, 11) is 1.51. The van der Waals surface area contributed by atoms with E-state index in [2.05, 4.69) is 5.32 Å². The zero-order chi connectivity index (χ0) is 25.3. The molecule has 0 saturated heterocycles. The number of carbonyl (C=O) groups excluding carboxylic acids is 4. The molecule has 0 aromatic rings. The first-order valence-electron chi connectivity index (χ1n) is 11.5. The van der Waals surface area contributed by atoms with Crippen LogP contribution in [-0.4, -0.2) is 42.9 Å². The third-order valence-electron chi connectivity index (χ3n) is 5.91. The first kappa shape index (κ1) is 27.0. The maximum atomic E-state index is 13.1. The van der Waals surface area contributed by atoms with Crippen LogP contribution in [0, 0.1) is 11.8 Å². The van der Waals surface area contributed by atoms with Crippen molar-refractivity contribution in [3.05, 3.63) is 59.4 Å². The minimum Gasteiger partial charge on any atom is -0.442 e. The topological polar surface area (TPSA) is 125 Å². The van der Waals surface area contributed by atoms with Gasteiger partial charge in [-0.15, -0.1) is 0 Å². The zero-order valence-corrected chi connectivity index (χ0v) is 20.2. The van der Waals surface area contributed by atoms with Gasteiger partial charge in [0.05, 0.1) is 11.8 Å². The molecule has 34 heavy (non-hydrogen) atoms. The van der Waals surface area contributed by atoms with Crippen LogP contribution in [-0.2, 0) is 23.9 Å². The van der Waals surface area contributed by atoms with E-state index >= 15 is 0 Å². The Bertz CT molecular complexity index is 956. The van der Waals surface area contributed by atoms with Gasteiger partial charge in [0.1, 0.15) is 6.10 Å². The molecule has 4 atom stereocenters. The van der Waals surface area contributed by atoms with Crippen LogP contribution in [0.25, 0.3) is 0 Å². The number of methoxy groups -OCH3 is 1. The summed E-state index contributed by atoms with van der Waals surface area (Å²) < 4.78 is 10.8. The summed E-state index contributed by atoms with van der Waals surface area (Å²) in [4.78, 5) is 49.3. The summed E-state index contributed by atoms with van der Waals surface area (Å²) in [5.41, 5.74) is 5.73. The third kappa shape index (κ3) is 7.66. The number of ether oxygens (including phenoxy) is 2. The molecule has 0 aromatic carbocycles. The van der Waals surface area contributed by atoms with Crippen LogP contribution in [0.2, 0.25) is 0 Å². The summed E-state index contributed by atoms with van der Waals surface area (Å²) >= 11 is 0. The van der Waals surface area contributed by atoms with Crippen molar-refractivity contribution < 1.29 is 28.7 Å². The van der Waals surface area contributed by atoms with Crippen molar-refractivity contribution in [2.24, 2.45) is 17.6 Å². The largest absolute Gasteiger partial charge is 0.442 e. The van der Waals surface area contributed by atoms with Crippen molar-refractivity contribution in [2.45, 2.75) is 58.7 Å². The maximum absolute atomic E-state index is 13.1. The lowest BCUT2D eigenvalue weighted by atomic mass is 9.86. The van der Waals surface area contributed by atoms with E-state index in [1.807, 2.05) is 26.0 Å². The second-order valence-electron chi connectivity index (χ2n) is 8.68. The highest BCUT2D eigenvalue weighted by atomic mass is 16.6. The molecule has 2 rings (SSSR count). The van der Waals surface area contributed by atoms with Crippen LogP contribution in [0.15, 0.2) is 59.4 Å². The summed E-state index contributed by atoms with van der Waals surface area (Å²) in [5.74, 6) is -1.50. The summed E-state index contributed by atoms with van der Waals surface area (Å²) in [6.45, 7) is 5.44. The van der Waals surface area contributed by atoms with Crippen LogP contribution < -0.4 is 11.1 Å². The number of hydrogen-bond donors (Lipinski definition) is 2. The van der Waals surface area contributed by atoms with Gasteiger partial charge in [0.2, 0.25) is 5.78 Å². The number of primary amides is 1. The molecule has 2 aliphatic rings. The Balaban J connectivity index is 2.35. The van der Waals surface area contributed by atoms with Gasteiger partial charge in [0, 0.05) is 30.2 Å². The molecule has 184 valence electrons. The molecule has 8 heteroatoms. The number of hydrogen-bond acceptors (Lipinski definition) is 6. The average molecular weight is 471 g/mol. The number of nitrogens with two attached hydrogens (primary N) is 1. The van der Waals surface area contributed by atoms with Gasteiger partial charge in [-0.1, -0.05) is 44.6 Å². The fourth-order valence-corrected chi connectivity index (χ4v) is 3.94. The molecule has 3 N–H and O–H groups in total. The van der Waals surface area contributed by atoms with Crippen molar-refractivity contribution in [1.29, 1.82) is 0 Å². The predicted molar refractivity (Wildman–Crippen MR) is 128 cm³/mol. The van der Waals surface area contributed by atoms with Gasteiger partial charge in [-0.2, -0.15) is 0 Å². The maximum Gasteiger partial charge on any atom is 0.405 e. The number of ketones is 2. The van der Waals surface area contributed by atoms with E-state index in [9.17, 15) is 19.2 Å². The fraction of sp³-hybridized carbons (Fsp3) is 0.462. The quantitative estimate of drug-likeness (QED) is 0.470. The van der Waals surface area contributed by atoms with Gasteiger partial charge in [-0.3, -0.25) is 14.4 Å². The van der Waals surface area contributed by atoms with E-state index in [0.29, 0.717) is 5.57 Å². The van der Waals surface area contributed by atoms with Crippen LogP contribution in [0.4, 0.5) is 4.79 Å². The van der Waals surface area contributed by atoms with Crippen molar-refractivity contribution in [3.63, 3.8) is 0 Å². The second kappa shape index (κ2) is 12.8. The first-order valence-corrected chi connectivity index (χ1v) is 11.5. The second-order valence-corrected chi connectivity index (χ2v) is 8.68. The van der Waals surface area contributed by atoms with E-state index in [0.717, 1.165) is 31.8 Å². The number of nitrogens with one attached hydrogen (secondary N) is 1. The molecule has 0 saturated carbocycles. The Kier molecular flexibility index (Phi) is 10.2. The van der Waals surface area contributed by atoms with Crippen molar-refractivity contribution in [1.82, 2.24) is 5.32 Å². The smallest absolute Gasteiger partial charge is 0.405 e. The highest BCUT2D eigenvalue weighted by Gasteiger charge is 2.32. The Morgan fingerprint density at radius 1 is 1.12 bits per heavy atom. The van der Waals surface area contributed by atoms with Crippen LogP contribution >= 0.6 is 0 Å². The molecular weight excluding hydrogens is 436 g/mol. The number of allylic oxidation sites excluding steroid dienone is 6. The average Bonchev–Trinajstić information content (AvgIpc) is 2.77. The fourth-order valence-electron chi connectivity index (χ4n) is 3.94. The molecule has 4 unspecified atom stereocenters. The van der Waals surface area contributed by atoms with Gasteiger partial charge in [-0.05, 0) is 44.3 Å². The molecule has 2 amide bonds. The number of fused-ring (bicyclic) bond motifs is 2. The Morgan fingerprint density at radius 3 is 2.53 bits per heavy atom. The van der Waals surface area contributed by atoms with Crippen LogP contribution in [0.1, 0.15) is 46.5 Å². The summed E-state index contributed by atoms with van der Waals surface area (Å²) in [5, 5.41) is 2.55. The van der Waals surface area contributed by atoms with Gasteiger partial charge >= 0.3 is 6.09 Å². The molecular formula is C26H34N2O6. The van der Waals surface area contributed by atoms with Crippen LogP contribution in [0.5, 0.6) is 0 Å². The molecule has 0 fully saturated rings. The lowest BCUT2D eigenvalue weighted by Gasteiger charge is -2.26. The lowest BCUT2D eigenvalue weighted by molar-refractivity contribution is -0.120. The third-order valence-corrected chi connectivity index (χ3v) is 5.91. The first-order chi connectivity index (χ1) is 16.1. The Labute approximate surface area is 200 Å². The monoisotopic (exact) mass is 470 g/mol.